The van der Waals surface area contributed by atoms with Gasteiger partial charge in [-0.1, -0.05) is 12.1 Å². The minimum Gasteiger partial charge on any atom is -0.508 e. The number of sulfonamides is 1. The van der Waals surface area contributed by atoms with Gasteiger partial charge in [-0.15, -0.1) is 0 Å². The number of hydrogen-bond acceptors (Lipinski definition) is 5. The van der Waals surface area contributed by atoms with Crippen LogP contribution in [0.2, 0.25) is 0 Å². The summed E-state index contributed by atoms with van der Waals surface area (Å²) >= 11 is 0. The molecule has 3 N–H and O–H groups in total. The number of nitrogens with one attached hydrogen (secondary N) is 1. The van der Waals surface area contributed by atoms with Crippen molar-refractivity contribution in [2.75, 3.05) is 4.72 Å². The zero-order chi connectivity index (χ0) is 14.8. The fourth-order valence-electron chi connectivity index (χ4n) is 1.54. The highest BCUT2D eigenvalue weighted by molar-refractivity contribution is 7.92. The third-order valence-electron chi connectivity index (χ3n) is 2.55. The van der Waals surface area contributed by atoms with E-state index >= 15 is 0 Å². The van der Waals surface area contributed by atoms with Gasteiger partial charge in [0.1, 0.15) is 17.8 Å². The molecule has 0 aliphatic carbocycles. The summed E-state index contributed by atoms with van der Waals surface area (Å²) < 4.78 is 26.3. The molecule has 20 heavy (non-hydrogen) atoms. The molecule has 104 valence electrons. The number of carbonyl (C=O) groups excluding carboxylic acids is 1. The Kier molecular flexibility index (Phi) is 3.62. The van der Waals surface area contributed by atoms with Crippen LogP contribution in [0.3, 0.4) is 0 Å². The van der Waals surface area contributed by atoms with Gasteiger partial charge in [0.15, 0.2) is 0 Å². The lowest BCUT2D eigenvalue weighted by Gasteiger charge is -2.10. The molecular weight excluding hydrogens is 282 g/mol. The second-order valence-electron chi connectivity index (χ2n) is 3.99. The number of carbonyl (C=O) groups is 1. The molecule has 0 aromatic heterocycles. The van der Waals surface area contributed by atoms with E-state index in [1.165, 1.54) is 36.4 Å². The lowest BCUT2D eigenvalue weighted by Crippen LogP contribution is -2.13. The minimum absolute atomic E-state index is 0.0640. The van der Waals surface area contributed by atoms with E-state index in [-0.39, 0.29) is 22.1 Å². The van der Waals surface area contributed by atoms with E-state index in [9.17, 15) is 23.4 Å². The van der Waals surface area contributed by atoms with Crippen molar-refractivity contribution in [1.29, 1.82) is 0 Å². The van der Waals surface area contributed by atoms with E-state index in [1.54, 1.807) is 0 Å². The van der Waals surface area contributed by atoms with Crippen LogP contribution in [0, 0.1) is 0 Å². The quantitative estimate of drug-likeness (QED) is 0.452. The van der Waals surface area contributed by atoms with Crippen LogP contribution in [-0.2, 0) is 10.0 Å². The number of phenols is 2. The SMILES string of the molecule is O=Cc1ccc(S(=O)(=O)Nc2cc(O)ccc2O)cc1. The molecule has 0 fully saturated rings. The Morgan fingerprint density at radius 2 is 1.65 bits per heavy atom. The molecule has 2 rings (SSSR count). The summed E-state index contributed by atoms with van der Waals surface area (Å²) in [6.07, 6.45) is 0.602. The van der Waals surface area contributed by atoms with E-state index in [0.717, 1.165) is 6.07 Å². The molecular formula is C13H11NO5S. The van der Waals surface area contributed by atoms with Crippen molar-refractivity contribution in [3.8, 4) is 11.5 Å². The fraction of sp³-hybridized carbons (Fsp3) is 0. The monoisotopic (exact) mass is 293 g/mol. The average molecular weight is 293 g/mol. The van der Waals surface area contributed by atoms with Crippen LogP contribution >= 0.6 is 0 Å². The van der Waals surface area contributed by atoms with E-state index in [2.05, 4.69) is 4.72 Å². The van der Waals surface area contributed by atoms with E-state index in [0.29, 0.717) is 11.8 Å². The van der Waals surface area contributed by atoms with E-state index < -0.39 is 10.0 Å². The third-order valence-corrected chi connectivity index (χ3v) is 3.93. The van der Waals surface area contributed by atoms with Gasteiger partial charge in [0.2, 0.25) is 0 Å². The Labute approximate surface area is 115 Å². The van der Waals surface area contributed by atoms with Crippen molar-refractivity contribution in [3.63, 3.8) is 0 Å². The van der Waals surface area contributed by atoms with Gasteiger partial charge in [-0.05, 0) is 24.3 Å². The van der Waals surface area contributed by atoms with Crippen LogP contribution in [-0.4, -0.2) is 24.9 Å². The Bertz CT molecular complexity index is 738. The molecule has 0 heterocycles. The Balaban J connectivity index is 2.35. The van der Waals surface area contributed by atoms with Crippen molar-refractivity contribution >= 4 is 22.0 Å². The number of benzene rings is 2. The largest absolute Gasteiger partial charge is 0.508 e. The molecule has 0 aliphatic rings. The molecule has 0 unspecified atom stereocenters. The maximum atomic E-state index is 12.1. The van der Waals surface area contributed by atoms with Crippen molar-refractivity contribution in [2.24, 2.45) is 0 Å². The first-order valence-corrected chi connectivity index (χ1v) is 7.01. The van der Waals surface area contributed by atoms with Gasteiger partial charge in [0, 0.05) is 11.6 Å². The van der Waals surface area contributed by atoms with Gasteiger partial charge in [0.05, 0.1) is 10.6 Å². The van der Waals surface area contributed by atoms with Crippen LogP contribution in [0.25, 0.3) is 0 Å². The number of aldehydes is 1. The van der Waals surface area contributed by atoms with Crippen LogP contribution in [0.5, 0.6) is 11.5 Å². The summed E-state index contributed by atoms with van der Waals surface area (Å²) in [5, 5.41) is 18.8. The first-order chi connectivity index (χ1) is 9.42. The second kappa shape index (κ2) is 5.22. The average Bonchev–Trinajstić information content (AvgIpc) is 2.43. The Hall–Kier alpha value is -2.54. The van der Waals surface area contributed by atoms with Gasteiger partial charge < -0.3 is 10.2 Å². The molecule has 2 aromatic rings. The molecule has 0 radical (unpaired) electrons. The highest BCUT2D eigenvalue weighted by atomic mass is 32.2. The molecule has 0 atom stereocenters. The molecule has 0 spiro atoms. The minimum atomic E-state index is -3.91. The van der Waals surface area contributed by atoms with Crippen LogP contribution in [0.4, 0.5) is 5.69 Å². The maximum absolute atomic E-state index is 12.1. The molecule has 0 bridgehead atoms. The normalized spacial score (nSPS) is 11.0. The van der Waals surface area contributed by atoms with E-state index in [4.69, 9.17) is 0 Å². The summed E-state index contributed by atoms with van der Waals surface area (Å²) in [5.41, 5.74) is 0.216. The van der Waals surface area contributed by atoms with Gasteiger partial charge >= 0.3 is 0 Å². The molecule has 2 aromatic carbocycles. The predicted molar refractivity (Wildman–Crippen MR) is 72.4 cm³/mol. The Morgan fingerprint density at radius 3 is 2.25 bits per heavy atom. The highest BCUT2D eigenvalue weighted by Gasteiger charge is 2.16. The van der Waals surface area contributed by atoms with E-state index in [1.807, 2.05) is 0 Å². The standard InChI is InChI=1S/C13H11NO5S/c15-8-9-1-4-11(5-2-9)20(18,19)14-12-7-10(16)3-6-13(12)17/h1-8,14,16-17H. The zero-order valence-electron chi connectivity index (χ0n) is 10.1. The lowest BCUT2D eigenvalue weighted by molar-refractivity contribution is 0.112. The smallest absolute Gasteiger partial charge is 0.262 e. The van der Waals surface area contributed by atoms with Crippen molar-refractivity contribution < 1.29 is 23.4 Å². The summed E-state index contributed by atoms with van der Waals surface area (Å²) in [7, 11) is -3.91. The fourth-order valence-corrected chi connectivity index (χ4v) is 2.60. The molecule has 0 saturated carbocycles. The number of aromatic hydroxyl groups is 2. The van der Waals surface area contributed by atoms with Crippen LogP contribution in [0.15, 0.2) is 47.4 Å². The van der Waals surface area contributed by atoms with Crippen molar-refractivity contribution in [3.05, 3.63) is 48.0 Å². The number of phenolic OH excluding ortho intramolecular Hbond substituents is 2. The summed E-state index contributed by atoms with van der Waals surface area (Å²) in [6, 6.07) is 8.76. The lowest BCUT2D eigenvalue weighted by atomic mass is 10.2. The predicted octanol–water partition coefficient (Wildman–Crippen LogP) is 1.71. The van der Waals surface area contributed by atoms with Crippen molar-refractivity contribution in [1.82, 2.24) is 0 Å². The highest BCUT2D eigenvalue weighted by Crippen LogP contribution is 2.29. The zero-order valence-corrected chi connectivity index (χ0v) is 11.0. The number of rotatable bonds is 4. The second-order valence-corrected chi connectivity index (χ2v) is 5.68. The molecule has 0 amide bonds. The van der Waals surface area contributed by atoms with Gasteiger partial charge in [-0.3, -0.25) is 9.52 Å². The summed E-state index contributed by atoms with van der Waals surface area (Å²) in [5.74, 6) is -0.493. The molecule has 7 heteroatoms. The Morgan fingerprint density at radius 1 is 1.00 bits per heavy atom. The molecule has 0 saturated heterocycles. The molecule has 0 aliphatic heterocycles. The van der Waals surface area contributed by atoms with Crippen molar-refractivity contribution in [2.45, 2.75) is 4.90 Å². The number of hydrogen-bond donors (Lipinski definition) is 3. The van der Waals surface area contributed by atoms with Gasteiger partial charge in [0.25, 0.3) is 10.0 Å². The summed E-state index contributed by atoms with van der Waals surface area (Å²) in [6.45, 7) is 0. The molecule has 6 nitrogen and oxygen atoms in total. The first-order valence-electron chi connectivity index (χ1n) is 5.52. The van der Waals surface area contributed by atoms with Crippen LogP contribution in [0.1, 0.15) is 10.4 Å². The summed E-state index contributed by atoms with van der Waals surface area (Å²) in [4.78, 5) is 10.5. The maximum Gasteiger partial charge on any atom is 0.262 e. The van der Waals surface area contributed by atoms with Gasteiger partial charge in [-0.25, -0.2) is 8.42 Å². The van der Waals surface area contributed by atoms with Gasteiger partial charge in [-0.2, -0.15) is 0 Å². The first kappa shape index (κ1) is 13.9. The van der Waals surface area contributed by atoms with Crippen LogP contribution < -0.4 is 4.72 Å². The third kappa shape index (κ3) is 2.89. The topological polar surface area (TPSA) is 104 Å². The number of anilines is 1.